The Morgan fingerprint density at radius 1 is 1.18 bits per heavy atom. The SMILES string of the molecule is Cc1cc(C(=O)c2c(F)cccc2F)ccn1. The van der Waals surface area contributed by atoms with Crippen LogP contribution in [0.2, 0.25) is 0 Å². The van der Waals surface area contributed by atoms with Crippen LogP contribution >= 0.6 is 0 Å². The molecule has 17 heavy (non-hydrogen) atoms. The lowest BCUT2D eigenvalue weighted by Gasteiger charge is -2.04. The summed E-state index contributed by atoms with van der Waals surface area (Å²) in [4.78, 5) is 15.9. The Bertz CT molecular complexity index is 561. The van der Waals surface area contributed by atoms with Gasteiger partial charge in [-0.2, -0.15) is 0 Å². The van der Waals surface area contributed by atoms with Crippen LogP contribution in [-0.2, 0) is 0 Å². The van der Waals surface area contributed by atoms with E-state index in [1.54, 1.807) is 6.92 Å². The number of aromatic nitrogens is 1. The Morgan fingerprint density at radius 2 is 1.82 bits per heavy atom. The van der Waals surface area contributed by atoms with Gasteiger partial charge in [-0.05, 0) is 31.2 Å². The number of benzene rings is 1. The summed E-state index contributed by atoms with van der Waals surface area (Å²) in [6, 6.07) is 6.27. The van der Waals surface area contributed by atoms with Gasteiger partial charge < -0.3 is 0 Å². The maximum absolute atomic E-state index is 13.4. The van der Waals surface area contributed by atoms with E-state index in [0.29, 0.717) is 5.69 Å². The molecule has 0 aliphatic carbocycles. The molecule has 0 fully saturated rings. The van der Waals surface area contributed by atoms with Crippen LogP contribution in [0.25, 0.3) is 0 Å². The van der Waals surface area contributed by atoms with E-state index in [9.17, 15) is 13.6 Å². The summed E-state index contributed by atoms with van der Waals surface area (Å²) in [5.74, 6) is -2.39. The molecule has 1 aromatic heterocycles. The zero-order valence-corrected chi connectivity index (χ0v) is 9.08. The molecule has 0 unspecified atom stereocenters. The van der Waals surface area contributed by atoms with E-state index in [-0.39, 0.29) is 5.56 Å². The zero-order chi connectivity index (χ0) is 12.4. The summed E-state index contributed by atoms with van der Waals surface area (Å²) in [7, 11) is 0. The van der Waals surface area contributed by atoms with Crippen molar-refractivity contribution in [2.45, 2.75) is 6.92 Å². The summed E-state index contributed by atoms with van der Waals surface area (Å²) in [5.41, 5.74) is 0.312. The number of carbonyl (C=O) groups excluding carboxylic acids is 1. The maximum Gasteiger partial charge on any atom is 0.199 e. The molecule has 0 aliphatic heterocycles. The number of halogens is 2. The minimum atomic E-state index is -0.857. The molecule has 1 aromatic carbocycles. The minimum Gasteiger partial charge on any atom is -0.288 e. The van der Waals surface area contributed by atoms with Crippen molar-refractivity contribution in [2.24, 2.45) is 0 Å². The van der Waals surface area contributed by atoms with Crippen molar-refractivity contribution in [3.63, 3.8) is 0 Å². The standard InChI is InChI=1S/C13H9F2NO/c1-8-7-9(5-6-16-8)13(17)12-10(14)3-2-4-11(12)15/h2-7H,1H3. The molecule has 2 aromatic rings. The Hall–Kier alpha value is -2.10. The number of aryl methyl sites for hydroxylation is 1. The van der Waals surface area contributed by atoms with Gasteiger partial charge in [-0.25, -0.2) is 8.78 Å². The normalized spacial score (nSPS) is 10.3. The van der Waals surface area contributed by atoms with Gasteiger partial charge in [-0.1, -0.05) is 6.07 Å². The van der Waals surface area contributed by atoms with E-state index in [1.807, 2.05) is 0 Å². The molecule has 0 spiro atoms. The van der Waals surface area contributed by atoms with Crippen LogP contribution in [0.1, 0.15) is 21.6 Å². The van der Waals surface area contributed by atoms with Gasteiger partial charge in [-0.3, -0.25) is 9.78 Å². The third-order valence-corrected chi connectivity index (χ3v) is 2.35. The Balaban J connectivity index is 2.51. The number of ketones is 1. The molecule has 0 atom stereocenters. The van der Waals surface area contributed by atoms with E-state index in [4.69, 9.17) is 0 Å². The molecule has 86 valence electrons. The number of rotatable bonds is 2. The highest BCUT2D eigenvalue weighted by atomic mass is 19.1. The first-order valence-corrected chi connectivity index (χ1v) is 5.01. The highest BCUT2D eigenvalue weighted by Gasteiger charge is 2.18. The molecule has 0 N–H and O–H groups in total. The third kappa shape index (κ3) is 2.20. The molecular weight excluding hydrogens is 224 g/mol. The number of hydrogen-bond acceptors (Lipinski definition) is 2. The molecule has 0 saturated carbocycles. The first-order valence-electron chi connectivity index (χ1n) is 5.01. The van der Waals surface area contributed by atoms with Gasteiger partial charge in [0.05, 0.1) is 5.56 Å². The zero-order valence-electron chi connectivity index (χ0n) is 9.08. The van der Waals surface area contributed by atoms with Crippen molar-refractivity contribution in [1.29, 1.82) is 0 Å². The van der Waals surface area contributed by atoms with Crippen molar-refractivity contribution in [2.75, 3.05) is 0 Å². The van der Waals surface area contributed by atoms with Crippen LogP contribution in [0.15, 0.2) is 36.5 Å². The van der Waals surface area contributed by atoms with E-state index < -0.39 is 23.0 Å². The fourth-order valence-electron chi connectivity index (χ4n) is 1.55. The summed E-state index contributed by atoms with van der Waals surface area (Å²) in [5, 5.41) is 0. The average Bonchev–Trinajstić information content (AvgIpc) is 2.28. The lowest BCUT2D eigenvalue weighted by Crippen LogP contribution is -2.07. The quantitative estimate of drug-likeness (QED) is 0.746. The van der Waals surface area contributed by atoms with Crippen LogP contribution in [0.4, 0.5) is 8.78 Å². The van der Waals surface area contributed by atoms with Gasteiger partial charge in [0.25, 0.3) is 0 Å². The van der Waals surface area contributed by atoms with Gasteiger partial charge in [0, 0.05) is 17.5 Å². The van der Waals surface area contributed by atoms with E-state index in [0.717, 1.165) is 12.1 Å². The lowest BCUT2D eigenvalue weighted by atomic mass is 10.0. The maximum atomic E-state index is 13.4. The van der Waals surface area contributed by atoms with Crippen LogP contribution < -0.4 is 0 Å². The van der Waals surface area contributed by atoms with Crippen molar-refractivity contribution in [1.82, 2.24) is 4.98 Å². The third-order valence-electron chi connectivity index (χ3n) is 2.35. The fraction of sp³-hybridized carbons (Fsp3) is 0.0769. The molecule has 0 aliphatic rings. The van der Waals surface area contributed by atoms with Crippen LogP contribution in [0.5, 0.6) is 0 Å². The molecule has 1 heterocycles. The predicted octanol–water partition coefficient (Wildman–Crippen LogP) is 2.90. The monoisotopic (exact) mass is 233 g/mol. The van der Waals surface area contributed by atoms with Crippen molar-refractivity contribution in [3.8, 4) is 0 Å². The van der Waals surface area contributed by atoms with Gasteiger partial charge in [0.2, 0.25) is 0 Å². The Kier molecular flexibility index (Phi) is 2.95. The highest BCUT2D eigenvalue weighted by Crippen LogP contribution is 2.17. The molecule has 2 nitrogen and oxygen atoms in total. The molecular formula is C13H9F2NO. The first-order chi connectivity index (χ1) is 8.09. The molecule has 2 rings (SSSR count). The molecule has 0 saturated heterocycles. The summed E-state index contributed by atoms with van der Waals surface area (Å²) in [6.07, 6.45) is 1.43. The fourth-order valence-corrected chi connectivity index (χ4v) is 1.55. The molecule has 0 radical (unpaired) electrons. The Morgan fingerprint density at radius 3 is 2.41 bits per heavy atom. The molecule has 0 amide bonds. The topological polar surface area (TPSA) is 30.0 Å². The van der Waals surface area contributed by atoms with Crippen molar-refractivity contribution >= 4 is 5.78 Å². The second-order valence-electron chi connectivity index (χ2n) is 3.61. The smallest absolute Gasteiger partial charge is 0.199 e. The van der Waals surface area contributed by atoms with Crippen LogP contribution in [0.3, 0.4) is 0 Å². The van der Waals surface area contributed by atoms with Gasteiger partial charge in [-0.15, -0.1) is 0 Å². The average molecular weight is 233 g/mol. The summed E-state index contributed by atoms with van der Waals surface area (Å²) >= 11 is 0. The van der Waals surface area contributed by atoms with E-state index in [1.165, 1.54) is 24.4 Å². The predicted molar refractivity (Wildman–Crippen MR) is 58.8 cm³/mol. The highest BCUT2D eigenvalue weighted by molar-refractivity contribution is 6.09. The summed E-state index contributed by atoms with van der Waals surface area (Å²) in [6.45, 7) is 1.70. The van der Waals surface area contributed by atoms with Gasteiger partial charge in [0.15, 0.2) is 5.78 Å². The number of carbonyl (C=O) groups is 1. The second kappa shape index (κ2) is 4.41. The number of hydrogen-bond donors (Lipinski definition) is 0. The second-order valence-corrected chi connectivity index (χ2v) is 3.61. The first kappa shape index (κ1) is 11.4. The summed E-state index contributed by atoms with van der Waals surface area (Å²) < 4.78 is 26.8. The van der Waals surface area contributed by atoms with Crippen molar-refractivity contribution < 1.29 is 13.6 Å². The van der Waals surface area contributed by atoms with Crippen molar-refractivity contribution in [3.05, 3.63) is 65.0 Å². The van der Waals surface area contributed by atoms with Gasteiger partial charge >= 0.3 is 0 Å². The minimum absolute atomic E-state index is 0.224. The lowest BCUT2D eigenvalue weighted by molar-refractivity contribution is 0.103. The number of pyridine rings is 1. The van der Waals surface area contributed by atoms with Gasteiger partial charge in [0.1, 0.15) is 11.6 Å². The molecule has 4 heteroatoms. The number of nitrogens with zero attached hydrogens (tertiary/aromatic N) is 1. The Labute approximate surface area is 96.9 Å². The largest absolute Gasteiger partial charge is 0.288 e. The van der Waals surface area contributed by atoms with E-state index >= 15 is 0 Å². The van der Waals surface area contributed by atoms with Crippen LogP contribution in [-0.4, -0.2) is 10.8 Å². The van der Waals surface area contributed by atoms with Crippen LogP contribution in [0, 0.1) is 18.6 Å². The van der Waals surface area contributed by atoms with E-state index in [2.05, 4.69) is 4.98 Å². The molecule has 0 bridgehead atoms.